The Morgan fingerprint density at radius 1 is 1.33 bits per heavy atom. The van der Waals surface area contributed by atoms with Crippen molar-refractivity contribution in [1.29, 1.82) is 0 Å². The molecule has 0 aliphatic carbocycles. The molecule has 1 amide bonds. The first kappa shape index (κ1) is 14.5. The molecule has 0 heterocycles. The molecule has 1 aromatic carbocycles. The van der Waals surface area contributed by atoms with Crippen LogP contribution in [0.1, 0.15) is 24.2 Å². The fourth-order valence-corrected chi connectivity index (χ4v) is 1.77. The van der Waals surface area contributed by atoms with Gasteiger partial charge >= 0.3 is 0 Å². The van der Waals surface area contributed by atoms with Crippen LogP contribution in [0.25, 0.3) is 0 Å². The standard InChI is InChI=1S/C14H23N3O/c1-10(2)13(9-17(3)4)16-14(18)11-7-5-6-8-12(11)15/h5-8,10,13H,9,15H2,1-4H3,(H,16,18). The molecule has 100 valence electrons. The highest BCUT2D eigenvalue weighted by molar-refractivity contribution is 5.99. The summed E-state index contributed by atoms with van der Waals surface area (Å²) in [5, 5.41) is 3.04. The highest BCUT2D eigenvalue weighted by atomic mass is 16.1. The quantitative estimate of drug-likeness (QED) is 0.779. The molecule has 1 rings (SSSR count). The molecule has 3 N–H and O–H groups in total. The van der Waals surface area contributed by atoms with E-state index in [1.807, 2.05) is 26.2 Å². The summed E-state index contributed by atoms with van der Waals surface area (Å²) < 4.78 is 0. The zero-order chi connectivity index (χ0) is 13.7. The number of rotatable bonds is 5. The number of hydrogen-bond donors (Lipinski definition) is 2. The van der Waals surface area contributed by atoms with Crippen molar-refractivity contribution in [2.45, 2.75) is 19.9 Å². The van der Waals surface area contributed by atoms with Gasteiger partial charge in [0.1, 0.15) is 0 Å². The molecule has 0 aliphatic heterocycles. The summed E-state index contributed by atoms with van der Waals surface area (Å²) in [5.74, 6) is 0.273. The predicted molar refractivity (Wildman–Crippen MR) is 75.5 cm³/mol. The molecule has 0 saturated carbocycles. The Morgan fingerprint density at radius 3 is 2.44 bits per heavy atom. The predicted octanol–water partition coefficient (Wildman–Crippen LogP) is 1.58. The van der Waals surface area contributed by atoms with Crippen LogP contribution in [-0.4, -0.2) is 37.5 Å². The van der Waals surface area contributed by atoms with Crippen molar-refractivity contribution >= 4 is 11.6 Å². The number of amides is 1. The molecule has 1 aromatic rings. The van der Waals surface area contributed by atoms with E-state index in [-0.39, 0.29) is 11.9 Å². The lowest BCUT2D eigenvalue weighted by molar-refractivity contribution is 0.0917. The first-order valence-corrected chi connectivity index (χ1v) is 6.22. The average Bonchev–Trinajstić information content (AvgIpc) is 2.27. The highest BCUT2D eigenvalue weighted by Crippen LogP contribution is 2.11. The molecule has 0 bridgehead atoms. The fraction of sp³-hybridized carbons (Fsp3) is 0.500. The third-order valence-corrected chi connectivity index (χ3v) is 2.89. The van der Waals surface area contributed by atoms with Crippen LogP contribution in [-0.2, 0) is 0 Å². The van der Waals surface area contributed by atoms with E-state index >= 15 is 0 Å². The maximum atomic E-state index is 12.2. The summed E-state index contributed by atoms with van der Waals surface area (Å²) in [6.45, 7) is 5.02. The first-order valence-electron chi connectivity index (χ1n) is 6.22. The molecule has 4 nitrogen and oxygen atoms in total. The van der Waals surface area contributed by atoms with Gasteiger partial charge in [0.15, 0.2) is 0 Å². The topological polar surface area (TPSA) is 58.4 Å². The van der Waals surface area contributed by atoms with Crippen LogP contribution in [0.5, 0.6) is 0 Å². The van der Waals surface area contributed by atoms with Gasteiger partial charge in [-0.3, -0.25) is 4.79 Å². The molecular formula is C14H23N3O. The Labute approximate surface area is 109 Å². The Morgan fingerprint density at radius 2 is 1.94 bits per heavy atom. The second kappa shape index (κ2) is 6.40. The number of hydrogen-bond acceptors (Lipinski definition) is 3. The van der Waals surface area contributed by atoms with Crippen LogP contribution in [0.2, 0.25) is 0 Å². The number of carbonyl (C=O) groups excluding carboxylic acids is 1. The van der Waals surface area contributed by atoms with Crippen molar-refractivity contribution in [2.75, 3.05) is 26.4 Å². The zero-order valence-electron chi connectivity index (χ0n) is 11.6. The summed E-state index contributed by atoms with van der Waals surface area (Å²) in [5.41, 5.74) is 6.86. The van der Waals surface area contributed by atoms with E-state index in [0.29, 0.717) is 17.2 Å². The van der Waals surface area contributed by atoms with Gasteiger partial charge in [0, 0.05) is 18.3 Å². The fourth-order valence-electron chi connectivity index (χ4n) is 1.77. The van der Waals surface area contributed by atoms with Gasteiger partial charge in [-0.2, -0.15) is 0 Å². The van der Waals surface area contributed by atoms with E-state index in [1.54, 1.807) is 12.1 Å². The van der Waals surface area contributed by atoms with E-state index in [0.717, 1.165) is 6.54 Å². The summed E-state index contributed by atoms with van der Waals surface area (Å²) in [7, 11) is 4.00. The summed E-state index contributed by atoms with van der Waals surface area (Å²) in [6, 6.07) is 7.25. The molecule has 0 aromatic heterocycles. The maximum Gasteiger partial charge on any atom is 0.253 e. The number of likely N-dealkylation sites (N-methyl/N-ethyl adjacent to an activating group) is 1. The van der Waals surface area contributed by atoms with Gasteiger partial charge in [0.05, 0.1) is 5.56 Å². The lowest BCUT2D eigenvalue weighted by Crippen LogP contribution is -2.45. The molecule has 0 saturated heterocycles. The van der Waals surface area contributed by atoms with Crippen molar-refractivity contribution < 1.29 is 4.79 Å². The SMILES string of the molecule is CC(C)C(CN(C)C)NC(=O)c1ccccc1N. The minimum absolute atomic E-state index is 0.103. The third-order valence-electron chi connectivity index (χ3n) is 2.89. The normalized spacial score (nSPS) is 12.8. The van der Waals surface area contributed by atoms with Crippen molar-refractivity contribution in [3.05, 3.63) is 29.8 Å². The van der Waals surface area contributed by atoms with Crippen molar-refractivity contribution in [3.8, 4) is 0 Å². The number of carbonyl (C=O) groups is 1. The molecule has 0 aliphatic rings. The van der Waals surface area contributed by atoms with Crippen LogP contribution < -0.4 is 11.1 Å². The number of nitrogens with two attached hydrogens (primary N) is 1. The van der Waals surface area contributed by atoms with Gasteiger partial charge < -0.3 is 16.0 Å². The number of benzene rings is 1. The Balaban J connectivity index is 2.76. The summed E-state index contributed by atoms with van der Waals surface area (Å²) in [4.78, 5) is 14.2. The van der Waals surface area contributed by atoms with Gasteiger partial charge in [-0.05, 0) is 32.1 Å². The van der Waals surface area contributed by atoms with Crippen LogP contribution in [0.4, 0.5) is 5.69 Å². The molecule has 0 radical (unpaired) electrons. The molecule has 18 heavy (non-hydrogen) atoms. The van der Waals surface area contributed by atoms with Crippen molar-refractivity contribution in [2.24, 2.45) is 5.92 Å². The highest BCUT2D eigenvalue weighted by Gasteiger charge is 2.18. The van der Waals surface area contributed by atoms with Gasteiger partial charge in [-0.15, -0.1) is 0 Å². The van der Waals surface area contributed by atoms with Crippen LogP contribution in [0.15, 0.2) is 24.3 Å². The molecule has 0 fully saturated rings. The summed E-state index contributed by atoms with van der Waals surface area (Å²) >= 11 is 0. The summed E-state index contributed by atoms with van der Waals surface area (Å²) in [6.07, 6.45) is 0. The minimum Gasteiger partial charge on any atom is -0.398 e. The molecular weight excluding hydrogens is 226 g/mol. The zero-order valence-corrected chi connectivity index (χ0v) is 11.6. The van der Waals surface area contributed by atoms with Gasteiger partial charge in [0.2, 0.25) is 0 Å². The molecule has 4 heteroatoms. The minimum atomic E-state index is -0.103. The van der Waals surface area contributed by atoms with Crippen molar-refractivity contribution in [3.63, 3.8) is 0 Å². The number of nitrogens with zero attached hydrogens (tertiary/aromatic N) is 1. The van der Waals surface area contributed by atoms with Gasteiger partial charge in [0.25, 0.3) is 5.91 Å². The number of anilines is 1. The average molecular weight is 249 g/mol. The van der Waals surface area contributed by atoms with E-state index < -0.39 is 0 Å². The Kier molecular flexibility index (Phi) is 5.16. The van der Waals surface area contributed by atoms with E-state index in [1.165, 1.54) is 0 Å². The Hall–Kier alpha value is -1.55. The second-order valence-corrected chi connectivity index (χ2v) is 5.17. The Bertz CT molecular complexity index is 402. The molecule has 0 spiro atoms. The number of para-hydroxylation sites is 1. The smallest absolute Gasteiger partial charge is 0.253 e. The third kappa shape index (κ3) is 4.04. The van der Waals surface area contributed by atoms with Gasteiger partial charge in [-0.1, -0.05) is 26.0 Å². The lowest BCUT2D eigenvalue weighted by atomic mass is 10.0. The molecule has 1 atom stereocenters. The number of nitrogen functional groups attached to an aromatic ring is 1. The largest absolute Gasteiger partial charge is 0.398 e. The van der Waals surface area contributed by atoms with E-state index in [9.17, 15) is 4.79 Å². The van der Waals surface area contributed by atoms with E-state index in [4.69, 9.17) is 5.73 Å². The first-order chi connectivity index (χ1) is 8.41. The second-order valence-electron chi connectivity index (χ2n) is 5.17. The van der Waals surface area contributed by atoms with E-state index in [2.05, 4.69) is 24.1 Å². The lowest BCUT2D eigenvalue weighted by Gasteiger charge is -2.25. The monoisotopic (exact) mass is 249 g/mol. The molecule has 1 unspecified atom stereocenters. The maximum absolute atomic E-state index is 12.2. The van der Waals surface area contributed by atoms with Crippen LogP contribution >= 0.6 is 0 Å². The van der Waals surface area contributed by atoms with Crippen molar-refractivity contribution in [1.82, 2.24) is 10.2 Å². The van der Waals surface area contributed by atoms with Crippen LogP contribution in [0.3, 0.4) is 0 Å². The van der Waals surface area contributed by atoms with Crippen LogP contribution in [0, 0.1) is 5.92 Å². The number of nitrogens with one attached hydrogen (secondary N) is 1. The van der Waals surface area contributed by atoms with Gasteiger partial charge in [-0.25, -0.2) is 0 Å².